The number of carbonyl (C=O) groups is 1. The molecule has 3 nitrogen and oxygen atoms in total. The predicted molar refractivity (Wildman–Crippen MR) is 49.0 cm³/mol. The second-order valence-corrected chi connectivity index (χ2v) is 2.74. The third-order valence-electron chi connectivity index (χ3n) is 1.66. The van der Waals surface area contributed by atoms with Crippen LogP contribution >= 0.6 is 0 Å². The van der Waals surface area contributed by atoms with E-state index >= 15 is 0 Å². The van der Waals surface area contributed by atoms with E-state index in [1.165, 1.54) is 0 Å². The number of halogens is 3. The molecule has 1 rings (SSSR count). The van der Waals surface area contributed by atoms with Crippen molar-refractivity contribution in [1.29, 1.82) is 0 Å². The van der Waals surface area contributed by atoms with E-state index in [2.05, 4.69) is 9.47 Å². The molecule has 0 amide bonds. The predicted octanol–water partition coefficient (Wildman–Crippen LogP) is 2.60. The second-order valence-electron chi connectivity index (χ2n) is 2.74. The average Bonchev–Trinajstić information content (AvgIpc) is 2.16. The third kappa shape index (κ3) is 3.15. The van der Waals surface area contributed by atoms with Crippen molar-refractivity contribution in [1.82, 2.24) is 0 Å². The Morgan fingerprint density at radius 3 is 2.62 bits per heavy atom. The molecular weight excluding hydrogens is 225 g/mol. The molecule has 1 aromatic carbocycles. The fourth-order valence-corrected chi connectivity index (χ4v) is 1.05. The van der Waals surface area contributed by atoms with E-state index in [4.69, 9.17) is 0 Å². The van der Waals surface area contributed by atoms with Crippen molar-refractivity contribution in [3.63, 3.8) is 0 Å². The highest BCUT2D eigenvalue weighted by atomic mass is 19.3. The Hall–Kier alpha value is -1.72. The van der Waals surface area contributed by atoms with Gasteiger partial charge < -0.3 is 9.47 Å². The molecule has 0 heterocycles. The SMILES string of the molecule is CCOC(=O)c1ccc(OC(F)F)cc1F. The third-order valence-corrected chi connectivity index (χ3v) is 1.66. The fraction of sp³-hybridized carbons (Fsp3) is 0.300. The van der Waals surface area contributed by atoms with Crippen molar-refractivity contribution in [2.24, 2.45) is 0 Å². The Balaban J connectivity index is 2.87. The zero-order valence-corrected chi connectivity index (χ0v) is 8.38. The van der Waals surface area contributed by atoms with Gasteiger partial charge in [-0.05, 0) is 19.1 Å². The van der Waals surface area contributed by atoms with Gasteiger partial charge in [0, 0.05) is 6.07 Å². The van der Waals surface area contributed by atoms with Crippen LogP contribution in [0.25, 0.3) is 0 Å². The summed E-state index contributed by atoms with van der Waals surface area (Å²) < 4.78 is 45.4. The van der Waals surface area contributed by atoms with Crippen LogP contribution in [0, 0.1) is 5.82 Å². The van der Waals surface area contributed by atoms with Crippen LogP contribution in [0.15, 0.2) is 18.2 Å². The molecule has 0 atom stereocenters. The number of benzene rings is 1. The van der Waals surface area contributed by atoms with E-state index in [9.17, 15) is 18.0 Å². The van der Waals surface area contributed by atoms with E-state index in [0.29, 0.717) is 6.07 Å². The van der Waals surface area contributed by atoms with Gasteiger partial charge in [0.25, 0.3) is 0 Å². The highest BCUT2D eigenvalue weighted by Gasteiger charge is 2.14. The summed E-state index contributed by atoms with van der Waals surface area (Å²) in [5.74, 6) is -2.15. The highest BCUT2D eigenvalue weighted by molar-refractivity contribution is 5.89. The van der Waals surface area contributed by atoms with Gasteiger partial charge in [-0.2, -0.15) is 8.78 Å². The molecule has 0 saturated carbocycles. The molecule has 6 heteroatoms. The van der Waals surface area contributed by atoms with Crippen molar-refractivity contribution in [2.45, 2.75) is 13.5 Å². The van der Waals surface area contributed by atoms with E-state index in [1.807, 2.05) is 0 Å². The number of ether oxygens (including phenoxy) is 2. The van der Waals surface area contributed by atoms with Crippen LogP contribution in [0.5, 0.6) is 5.75 Å². The molecule has 16 heavy (non-hydrogen) atoms. The first-order valence-electron chi connectivity index (χ1n) is 4.46. The summed E-state index contributed by atoms with van der Waals surface area (Å²) in [6, 6.07) is 2.81. The molecule has 0 N–H and O–H groups in total. The van der Waals surface area contributed by atoms with E-state index < -0.39 is 18.4 Å². The van der Waals surface area contributed by atoms with Crippen LogP contribution in [0.4, 0.5) is 13.2 Å². The quantitative estimate of drug-likeness (QED) is 0.751. The van der Waals surface area contributed by atoms with Gasteiger partial charge in [-0.3, -0.25) is 0 Å². The standard InChI is InChI=1S/C10H9F3O3/c1-2-15-9(14)7-4-3-6(5-8(7)11)16-10(12)13/h3-5,10H,2H2,1H3. The molecule has 0 spiro atoms. The maximum atomic E-state index is 13.2. The summed E-state index contributed by atoms with van der Waals surface area (Å²) in [4.78, 5) is 11.1. The van der Waals surface area contributed by atoms with Crippen molar-refractivity contribution in [3.8, 4) is 5.75 Å². The Labute approximate surface area is 89.8 Å². The van der Waals surface area contributed by atoms with Gasteiger partial charge >= 0.3 is 12.6 Å². The fourth-order valence-electron chi connectivity index (χ4n) is 1.05. The van der Waals surface area contributed by atoms with Gasteiger partial charge in [-0.15, -0.1) is 0 Å². The number of hydrogen-bond donors (Lipinski definition) is 0. The second kappa shape index (κ2) is 5.39. The van der Waals surface area contributed by atoms with Gasteiger partial charge in [0.05, 0.1) is 12.2 Å². The molecule has 0 aliphatic rings. The first-order chi connectivity index (χ1) is 7.54. The molecule has 0 unspecified atom stereocenters. The molecule has 88 valence electrons. The lowest BCUT2D eigenvalue weighted by atomic mass is 10.2. The maximum absolute atomic E-state index is 13.2. The van der Waals surface area contributed by atoms with Gasteiger partial charge in [0.2, 0.25) is 0 Å². The number of hydrogen-bond acceptors (Lipinski definition) is 3. The number of esters is 1. The Morgan fingerprint density at radius 2 is 2.12 bits per heavy atom. The minimum Gasteiger partial charge on any atom is -0.462 e. The minimum absolute atomic E-state index is 0.105. The van der Waals surface area contributed by atoms with Crippen LogP contribution < -0.4 is 4.74 Å². The summed E-state index contributed by atoms with van der Waals surface area (Å²) in [5, 5.41) is 0. The number of rotatable bonds is 4. The van der Waals surface area contributed by atoms with Gasteiger partial charge in [-0.1, -0.05) is 0 Å². The Morgan fingerprint density at radius 1 is 1.44 bits per heavy atom. The molecule has 0 aromatic heterocycles. The molecule has 0 saturated heterocycles. The lowest BCUT2D eigenvalue weighted by Crippen LogP contribution is -2.08. The molecule has 0 aliphatic carbocycles. The summed E-state index contributed by atoms with van der Waals surface area (Å²) in [6.45, 7) is -1.36. The largest absolute Gasteiger partial charge is 0.462 e. The minimum atomic E-state index is -3.03. The van der Waals surface area contributed by atoms with Gasteiger partial charge in [-0.25, -0.2) is 9.18 Å². The van der Waals surface area contributed by atoms with Crippen molar-refractivity contribution in [3.05, 3.63) is 29.6 Å². The number of alkyl halides is 2. The lowest BCUT2D eigenvalue weighted by molar-refractivity contribution is -0.0499. The zero-order chi connectivity index (χ0) is 12.1. The summed E-state index contributed by atoms with van der Waals surface area (Å²) in [7, 11) is 0. The zero-order valence-electron chi connectivity index (χ0n) is 8.38. The summed E-state index contributed by atoms with van der Waals surface area (Å²) >= 11 is 0. The van der Waals surface area contributed by atoms with Gasteiger partial charge in [0.1, 0.15) is 11.6 Å². The highest BCUT2D eigenvalue weighted by Crippen LogP contribution is 2.19. The first kappa shape index (κ1) is 12.4. The first-order valence-corrected chi connectivity index (χ1v) is 4.46. The molecule has 0 radical (unpaired) electrons. The van der Waals surface area contributed by atoms with Crippen LogP contribution in [0.1, 0.15) is 17.3 Å². The van der Waals surface area contributed by atoms with E-state index in [0.717, 1.165) is 12.1 Å². The van der Waals surface area contributed by atoms with Crippen LogP contribution in [0.2, 0.25) is 0 Å². The lowest BCUT2D eigenvalue weighted by Gasteiger charge is -2.06. The van der Waals surface area contributed by atoms with Crippen LogP contribution in [-0.4, -0.2) is 19.2 Å². The monoisotopic (exact) mass is 234 g/mol. The smallest absolute Gasteiger partial charge is 0.387 e. The topological polar surface area (TPSA) is 35.5 Å². The van der Waals surface area contributed by atoms with E-state index in [1.54, 1.807) is 6.92 Å². The maximum Gasteiger partial charge on any atom is 0.387 e. The molecule has 0 fully saturated rings. The molecule has 0 aliphatic heterocycles. The van der Waals surface area contributed by atoms with Crippen molar-refractivity contribution < 1.29 is 27.4 Å². The molecular formula is C10H9F3O3. The Kier molecular flexibility index (Phi) is 4.16. The summed E-state index contributed by atoms with van der Waals surface area (Å²) in [6.07, 6.45) is 0. The Bertz CT molecular complexity index is 380. The molecule has 1 aromatic rings. The molecule has 0 bridgehead atoms. The van der Waals surface area contributed by atoms with Crippen LogP contribution in [-0.2, 0) is 4.74 Å². The van der Waals surface area contributed by atoms with Crippen molar-refractivity contribution in [2.75, 3.05) is 6.61 Å². The van der Waals surface area contributed by atoms with Gasteiger partial charge in [0.15, 0.2) is 0 Å². The normalized spacial score (nSPS) is 10.3. The van der Waals surface area contributed by atoms with Crippen molar-refractivity contribution >= 4 is 5.97 Å². The summed E-state index contributed by atoms with van der Waals surface area (Å²) in [5.41, 5.74) is -0.316. The number of carbonyl (C=O) groups excluding carboxylic acids is 1. The van der Waals surface area contributed by atoms with Crippen LogP contribution in [0.3, 0.4) is 0 Å². The van der Waals surface area contributed by atoms with E-state index in [-0.39, 0.29) is 17.9 Å². The average molecular weight is 234 g/mol.